The zero-order valence-corrected chi connectivity index (χ0v) is 8.95. The molecule has 0 spiro atoms. The molecule has 1 heterocycles. The number of rotatable bonds is 3. The Hall–Kier alpha value is -0.360. The van der Waals surface area contributed by atoms with E-state index < -0.39 is 12.1 Å². The number of amides is 2. The lowest BCUT2D eigenvalue weighted by atomic mass is 10.2. The van der Waals surface area contributed by atoms with Gasteiger partial charge in [0.1, 0.15) is 12.1 Å². The molecule has 0 bridgehead atoms. The van der Waals surface area contributed by atoms with Gasteiger partial charge in [0, 0.05) is 11.5 Å². The molecule has 0 aliphatic carbocycles. The van der Waals surface area contributed by atoms with Crippen LogP contribution in [-0.4, -0.2) is 41.7 Å². The van der Waals surface area contributed by atoms with Gasteiger partial charge >= 0.3 is 0 Å². The normalized spacial score (nSPS) is 28.2. The monoisotopic (exact) mass is 220 g/mol. The molecule has 1 saturated heterocycles. The van der Waals surface area contributed by atoms with Crippen molar-refractivity contribution in [3.05, 3.63) is 0 Å². The van der Waals surface area contributed by atoms with Crippen LogP contribution in [0.15, 0.2) is 0 Å². The van der Waals surface area contributed by atoms with Crippen LogP contribution in [0.3, 0.4) is 0 Å². The first-order chi connectivity index (χ1) is 6.19. The maximum absolute atomic E-state index is 11.3. The van der Waals surface area contributed by atoms with Crippen LogP contribution in [0, 0.1) is 0 Å². The second kappa shape index (κ2) is 4.76. The fourth-order valence-corrected chi connectivity index (χ4v) is 1.91. The van der Waals surface area contributed by atoms with E-state index in [1.807, 2.05) is 6.26 Å². The van der Waals surface area contributed by atoms with Crippen LogP contribution < -0.4 is 10.6 Å². The minimum atomic E-state index is -0.478. The van der Waals surface area contributed by atoms with E-state index in [0.29, 0.717) is 11.5 Å². The lowest BCUT2D eigenvalue weighted by Gasteiger charge is -2.28. The zero-order chi connectivity index (χ0) is 9.84. The Morgan fingerprint density at radius 1 is 1.31 bits per heavy atom. The molecule has 74 valence electrons. The first-order valence-electron chi connectivity index (χ1n) is 3.89. The predicted octanol–water partition coefficient (Wildman–Crippen LogP) is -0.738. The van der Waals surface area contributed by atoms with Gasteiger partial charge in [0.2, 0.25) is 11.8 Å². The standard InChI is InChI=1S/C7H12N2O2S2/c1-13-3-5-7(11)8-4(2-12)6(10)9-5/h4-5,12H,2-3H2,1H3,(H,8,11)(H,9,10)/t4-,5?/m0/s1. The minimum Gasteiger partial charge on any atom is -0.342 e. The number of thiol groups is 1. The molecule has 2 atom stereocenters. The van der Waals surface area contributed by atoms with Crippen molar-refractivity contribution in [3.8, 4) is 0 Å². The van der Waals surface area contributed by atoms with Crippen LogP contribution >= 0.6 is 24.4 Å². The van der Waals surface area contributed by atoms with E-state index in [1.54, 1.807) is 0 Å². The van der Waals surface area contributed by atoms with Gasteiger partial charge in [0.25, 0.3) is 0 Å². The van der Waals surface area contributed by atoms with Gasteiger partial charge in [-0.2, -0.15) is 24.4 Å². The van der Waals surface area contributed by atoms with Crippen LogP contribution in [0.5, 0.6) is 0 Å². The molecule has 1 unspecified atom stereocenters. The molecule has 0 aromatic carbocycles. The second-order valence-electron chi connectivity index (χ2n) is 2.76. The number of thioether (sulfide) groups is 1. The topological polar surface area (TPSA) is 58.2 Å². The van der Waals surface area contributed by atoms with Gasteiger partial charge in [-0.05, 0) is 6.26 Å². The number of hydrogen-bond donors (Lipinski definition) is 3. The molecule has 0 radical (unpaired) electrons. The molecule has 4 nitrogen and oxygen atoms in total. The third-order valence-corrected chi connectivity index (χ3v) is 2.81. The zero-order valence-electron chi connectivity index (χ0n) is 7.24. The number of nitrogens with one attached hydrogen (secondary N) is 2. The van der Waals surface area contributed by atoms with Gasteiger partial charge in [-0.15, -0.1) is 0 Å². The number of carbonyl (C=O) groups excluding carboxylic acids is 2. The predicted molar refractivity (Wildman–Crippen MR) is 56.1 cm³/mol. The lowest BCUT2D eigenvalue weighted by molar-refractivity contribution is -0.135. The van der Waals surface area contributed by atoms with Gasteiger partial charge in [0.05, 0.1) is 0 Å². The summed E-state index contributed by atoms with van der Waals surface area (Å²) in [6, 6.07) is -0.868. The highest BCUT2D eigenvalue weighted by Gasteiger charge is 2.31. The van der Waals surface area contributed by atoms with E-state index in [4.69, 9.17) is 0 Å². The molecular weight excluding hydrogens is 208 g/mol. The summed E-state index contributed by atoms with van der Waals surface area (Å²) in [6.45, 7) is 0. The molecule has 0 aromatic rings. The van der Waals surface area contributed by atoms with Gasteiger partial charge in [-0.1, -0.05) is 0 Å². The highest BCUT2D eigenvalue weighted by atomic mass is 32.2. The van der Waals surface area contributed by atoms with Gasteiger partial charge < -0.3 is 10.6 Å². The van der Waals surface area contributed by atoms with Crippen molar-refractivity contribution in [1.29, 1.82) is 0 Å². The van der Waals surface area contributed by atoms with Gasteiger partial charge in [-0.25, -0.2) is 0 Å². The summed E-state index contributed by atoms with van der Waals surface area (Å²) >= 11 is 5.49. The van der Waals surface area contributed by atoms with Crippen molar-refractivity contribution in [2.45, 2.75) is 12.1 Å². The summed E-state index contributed by atoms with van der Waals surface area (Å²) in [4.78, 5) is 22.6. The Labute approximate surface area is 86.6 Å². The third kappa shape index (κ3) is 2.54. The molecule has 1 fully saturated rings. The Kier molecular flexibility index (Phi) is 3.92. The minimum absolute atomic E-state index is 0.118. The van der Waals surface area contributed by atoms with Crippen LogP contribution in [0.4, 0.5) is 0 Å². The summed E-state index contributed by atoms with van der Waals surface area (Å²) in [7, 11) is 0. The molecule has 6 heteroatoms. The Morgan fingerprint density at radius 2 is 1.85 bits per heavy atom. The first kappa shape index (κ1) is 10.7. The second-order valence-corrected chi connectivity index (χ2v) is 4.04. The Balaban J connectivity index is 2.56. The first-order valence-corrected chi connectivity index (χ1v) is 5.92. The fraction of sp³-hybridized carbons (Fsp3) is 0.714. The molecule has 1 aliphatic rings. The highest BCUT2D eigenvalue weighted by molar-refractivity contribution is 7.98. The van der Waals surface area contributed by atoms with E-state index >= 15 is 0 Å². The van der Waals surface area contributed by atoms with Crippen molar-refractivity contribution in [2.75, 3.05) is 17.8 Å². The van der Waals surface area contributed by atoms with Crippen molar-refractivity contribution in [1.82, 2.24) is 10.6 Å². The van der Waals surface area contributed by atoms with Crippen LogP contribution in [0.2, 0.25) is 0 Å². The fourth-order valence-electron chi connectivity index (χ4n) is 1.09. The van der Waals surface area contributed by atoms with Crippen molar-refractivity contribution in [3.63, 3.8) is 0 Å². The average Bonchev–Trinajstić information content (AvgIpc) is 2.11. The third-order valence-electron chi connectivity index (χ3n) is 1.78. The molecule has 1 aliphatic heterocycles. The van der Waals surface area contributed by atoms with E-state index in [9.17, 15) is 9.59 Å². The number of piperazine rings is 1. The molecule has 2 amide bonds. The average molecular weight is 220 g/mol. The number of carbonyl (C=O) groups is 2. The van der Waals surface area contributed by atoms with Crippen LogP contribution in [0.1, 0.15) is 0 Å². The van der Waals surface area contributed by atoms with E-state index in [2.05, 4.69) is 23.3 Å². The van der Waals surface area contributed by atoms with Gasteiger partial charge in [0.15, 0.2) is 0 Å². The Morgan fingerprint density at radius 3 is 2.38 bits per heavy atom. The van der Waals surface area contributed by atoms with Crippen molar-refractivity contribution >= 4 is 36.2 Å². The molecule has 1 rings (SSSR count). The van der Waals surface area contributed by atoms with E-state index in [-0.39, 0.29) is 11.8 Å². The molecule has 0 saturated carbocycles. The quantitative estimate of drug-likeness (QED) is 0.549. The summed E-state index contributed by atoms with van der Waals surface area (Å²) in [6.07, 6.45) is 1.89. The SMILES string of the molecule is CSCC1NC(=O)[C@H](CS)NC1=O. The van der Waals surface area contributed by atoms with Crippen molar-refractivity contribution < 1.29 is 9.59 Å². The molecule has 13 heavy (non-hydrogen) atoms. The van der Waals surface area contributed by atoms with Crippen LogP contribution in [-0.2, 0) is 9.59 Å². The molecule has 2 N–H and O–H groups in total. The van der Waals surface area contributed by atoms with Gasteiger partial charge in [-0.3, -0.25) is 9.59 Å². The van der Waals surface area contributed by atoms with E-state index in [1.165, 1.54) is 11.8 Å². The highest BCUT2D eigenvalue weighted by Crippen LogP contribution is 2.03. The number of hydrogen-bond acceptors (Lipinski definition) is 4. The smallest absolute Gasteiger partial charge is 0.244 e. The maximum atomic E-state index is 11.3. The maximum Gasteiger partial charge on any atom is 0.244 e. The molecule has 0 aromatic heterocycles. The Bertz CT molecular complexity index is 223. The van der Waals surface area contributed by atoms with Crippen LogP contribution in [0.25, 0.3) is 0 Å². The lowest BCUT2D eigenvalue weighted by Crippen LogP contribution is -2.63. The van der Waals surface area contributed by atoms with Crippen molar-refractivity contribution in [2.24, 2.45) is 0 Å². The molecular formula is C7H12N2O2S2. The summed E-state index contributed by atoms with van der Waals surface area (Å²) in [5.41, 5.74) is 0. The summed E-state index contributed by atoms with van der Waals surface area (Å²) in [5.74, 6) is 0.683. The summed E-state index contributed by atoms with van der Waals surface area (Å²) in [5, 5.41) is 5.26. The largest absolute Gasteiger partial charge is 0.342 e. The summed E-state index contributed by atoms with van der Waals surface area (Å²) < 4.78 is 0. The van der Waals surface area contributed by atoms with E-state index in [0.717, 1.165) is 0 Å².